The Kier molecular flexibility index (Phi) is 4.52. The molecule has 2 amide bonds. The normalized spacial score (nSPS) is 23.2. The van der Waals surface area contributed by atoms with Crippen LogP contribution in [-0.2, 0) is 9.59 Å². The number of carbonyl (C=O) groups is 2. The van der Waals surface area contributed by atoms with E-state index >= 15 is 0 Å². The lowest BCUT2D eigenvalue weighted by atomic mass is 10.0. The Labute approximate surface area is 139 Å². The van der Waals surface area contributed by atoms with E-state index in [9.17, 15) is 9.59 Å². The van der Waals surface area contributed by atoms with Crippen LogP contribution >= 0.6 is 15.9 Å². The maximum atomic E-state index is 12.7. The topological polar surface area (TPSA) is 40.6 Å². The van der Waals surface area contributed by atoms with Crippen LogP contribution in [0.15, 0.2) is 28.7 Å². The molecule has 0 unspecified atom stereocenters. The van der Waals surface area contributed by atoms with Gasteiger partial charge in [0, 0.05) is 29.2 Å². The van der Waals surface area contributed by atoms with Crippen LogP contribution in [0.25, 0.3) is 0 Å². The summed E-state index contributed by atoms with van der Waals surface area (Å²) in [5.74, 6) is 0.322. The monoisotopic (exact) mass is 364 g/mol. The Morgan fingerprint density at radius 1 is 1.14 bits per heavy atom. The zero-order chi connectivity index (χ0) is 15.7. The molecule has 1 aliphatic heterocycles. The fourth-order valence-corrected chi connectivity index (χ4v) is 3.72. The molecule has 0 aromatic heterocycles. The van der Waals surface area contributed by atoms with Gasteiger partial charge in [0.25, 0.3) is 0 Å². The van der Waals surface area contributed by atoms with Crippen molar-refractivity contribution in [1.82, 2.24) is 4.90 Å². The highest BCUT2D eigenvalue weighted by molar-refractivity contribution is 9.10. The van der Waals surface area contributed by atoms with Gasteiger partial charge in [0.15, 0.2) is 0 Å². The van der Waals surface area contributed by atoms with E-state index in [0.29, 0.717) is 13.1 Å². The Bertz CT molecular complexity index is 567. The molecule has 0 radical (unpaired) electrons. The number of amides is 2. The second-order valence-corrected chi connectivity index (χ2v) is 7.07. The number of halogens is 1. The number of carbonyl (C=O) groups excluding carboxylic acids is 2. The van der Waals surface area contributed by atoms with E-state index in [2.05, 4.69) is 15.9 Å². The van der Waals surface area contributed by atoms with Gasteiger partial charge in [-0.3, -0.25) is 9.59 Å². The van der Waals surface area contributed by atoms with Crippen LogP contribution in [0.4, 0.5) is 5.69 Å². The molecule has 1 saturated carbocycles. The van der Waals surface area contributed by atoms with Gasteiger partial charge in [-0.2, -0.15) is 0 Å². The van der Waals surface area contributed by atoms with Crippen LogP contribution < -0.4 is 4.90 Å². The van der Waals surface area contributed by atoms with Gasteiger partial charge in [0.05, 0.1) is 0 Å². The summed E-state index contributed by atoms with van der Waals surface area (Å²) in [4.78, 5) is 28.8. The fraction of sp³-hybridized carbons (Fsp3) is 0.529. The quantitative estimate of drug-likeness (QED) is 0.808. The van der Waals surface area contributed by atoms with Crippen molar-refractivity contribution >= 4 is 33.4 Å². The molecule has 118 valence electrons. The lowest BCUT2D eigenvalue weighted by Crippen LogP contribution is -2.58. The minimum absolute atomic E-state index is 0.0138. The van der Waals surface area contributed by atoms with Gasteiger partial charge < -0.3 is 9.80 Å². The van der Waals surface area contributed by atoms with Gasteiger partial charge in [-0.1, -0.05) is 28.8 Å². The van der Waals surface area contributed by atoms with Crippen molar-refractivity contribution in [2.45, 2.75) is 38.6 Å². The molecule has 0 spiro atoms. The molecule has 0 N–H and O–H groups in total. The first-order valence-corrected chi connectivity index (χ1v) is 8.74. The molecule has 2 fully saturated rings. The van der Waals surface area contributed by atoms with Gasteiger partial charge in [-0.05, 0) is 44.0 Å². The summed E-state index contributed by atoms with van der Waals surface area (Å²) < 4.78 is 0.992. The Morgan fingerprint density at radius 2 is 1.77 bits per heavy atom. The molecule has 2 aliphatic rings. The smallest absolute Gasteiger partial charge is 0.249 e. The zero-order valence-corrected chi connectivity index (χ0v) is 14.4. The summed E-state index contributed by atoms with van der Waals surface area (Å²) in [5, 5.41) is 0. The number of hydrogen-bond donors (Lipinski definition) is 0. The summed E-state index contributed by atoms with van der Waals surface area (Å²) in [6.07, 6.45) is 4.23. The van der Waals surface area contributed by atoms with E-state index in [0.717, 1.165) is 35.8 Å². The lowest BCUT2D eigenvalue weighted by molar-refractivity contribution is -0.143. The maximum absolute atomic E-state index is 12.7. The number of anilines is 1. The van der Waals surface area contributed by atoms with Crippen LogP contribution in [0, 0.1) is 5.92 Å². The summed E-state index contributed by atoms with van der Waals surface area (Å²) >= 11 is 3.41. The van der Waals surface area contributed by atoms with Crippen LogP contribution in [0.1, 0.15) is 32.6 Å². The summed E-state index contributed by atoms with van der Waals surface area (Å²) in [7, 11) is 0. The Morgan fingerprint density at radius 3 is 2.41 bits per heavy atom. The molecule has 4 nitrogen and oxygen atoms in total. The fourth-order valence-electron chi connectivity index (χ4n) is 3.46. The third kappa shape index (κ3) is 2.91. The van der Waals surface area contributed by atoms with Crippen molar-refractivity contribution in [3.8, 4) is 0 Å². The van der Waals surface area contributed by atoms with E-state index < -0.39 is 0 Å². The molecular weight excluding hydrogens is 344 g/mol. The van der Waals surface area contributed by atoms with Crippen molar-refractivity contribution < 1.29 is 9.59 Å². The second kappa shape index (κ2) is 6.41. The number of piperazine rings is 1. The van der Waals surface area contributed by atoms with Gasteiger partial charge in [0.2, 0.25) is 11.8 Å². The Balaban J connectivity index is 1.72. The number of benzene rings is 1. The van der Waals surface area contributed by atoms with Crippen molar-refractivity contribution in [1.29, 1.82) is 0 Å². The van der Waals surface area contributed by atoms with Gasteiger partial charge >= 0.3 is 0 Å². The van der Waals surface area contributed by atoms with E-state index in [1.165, 1.54) is 0 Å². The Hall–Kier alpha value is -1.36. The summed E-state index contributed by atoms with van der Waals surface area (Å²) in [6.45, 7) is 3.04. The molecule has 1 heterocycles. The maximum Gasteiger partial charge on any atom is 0.249 e. The molecule has 3 rings (SSSR count). The standard InChI is InChI=1S/C17H21BrN2O2/c1-12-16(21)20(15-8-6-14(18)7-9-15)11-10-19(12)17(22)13-4-2-3-5-13/h6-9,12-13H,2-5,10-11H2,1H3/t12-/m0/s1. The van der Waals surface area contributed by atoms with Crippen LogP contribution in [0.3, 0.4) is 0 Å². The minimum Gasteiger partial charge on any atom is -0.329 e. The van der Waals surface area contributed by atoms with Crippen molar-refractivity contribution in [3.05, 3.63) is 28.7 Å². The molecule has 5 heteroatoms. The first-order chi connectivity index (χ1) is 10.6. The molecular formula is C17H21BrN2O2. The SMILES string of the molecule is C[C@H]1C(=O)N(c2ccc(Br)cc2)CCN1C(=O)C1CCCC1. The number of rotatable bonds is 2. The third-order valence-electron chi connectivity index (χ3n) is 4.78. The predicted molar refractivity (Wildman–Crippen MR) is 89.6 cm³/mol. The van der Waals surface area contributed by atoms with Gasteiger partial charge in [-0.15, -0.1) is 0 Å². The van der Waals surface area contributed by atoms with Crippen LogP contribution in [0.2, 0.25) is 0 Å². The van der Waals surface area contributed by atoms with Crippen molar-refractivity contribution in [2.75, 3.05) is 18.0 Å². The highest BCUT2D eigenvalue weighted by Gasteiger charge is 2.37. The average molecular weight is 365 g/mol. The molecule has 1 aliphatic carbocycles. The molecule has 22 heavy (non-hydrogen) atoms. The molecule has 1 aromatic carbocycles. The van der Waals surface area contributed by atoms with Crippen molar-refractivity contribution in [3.63, 3.8) is 0 Å². The third-order valence-corrected chi connectivity index (χ3v) is 5.31. The molecule has 0 bridgehead atoms. The average Bonchev–Trinajstić information content (AvgIpc) is 3.05. The first kappa shape index (κ1) is 15.5. The number of hydrogen-bond acceptors (Lipinski definition) is 2. The predicted octanol–water partition coefficient (Wildman–Crippen LogP) is 3.20. The van der Waals surface area contributed by atoms with Gasteiger partial charge in [-0.25, -0.2) is 0 Å². The summed E-state index contributed by atoms with van der Waals surface area (Å²) in [5.41, 5.74) is 0.896. The van der Waals surface area contributed by atoms with E-state index in [1.807, 2.05) is 31.2 Å². The minimum atomic E-state index is -0.370. The van der Waals surface area contributed by atoms with Crippen LogP contribution in [-0.4, -0.2) is 35.8 Å². The highest BCUT2D eigenvalue weighted by Crippen LogP contribution is 2.29. The lowest BCUT2D eigenvalue weighted by Gasteiger charge is -2.40. The van der Waals surface area contributed by atoms with E-state index in [-0.39, 0.29) is 23.8 Å². The molecule has 1 saturated heterocycles. The van der Waals surface area contributed by atoms with E-state index in [4.69, 9.17) is 0 Å². The van der Waals surface area contributed by atoms with Crippen molar-refractivity contribution in [2.24, 2.45) is 5.92 Å². The van der Waals surface area contributed by atoms with E-state index in [1.54, 1.807) is 9.80 Å². The summed E-state index contributed by atoms with van der Waals surface area (Å²) in [6, 6.07) is 7.37. The highest BCUT2D eigenvalue weighted by atomic mass is 79.9. The number of nitrogens with zero attached hydrogens (tertiary/aromatic N) is 2. The molecule has 1 aromatic rings. The van der Waals surface area contributed by atoms with Gasteiger partial charge in [0.1, 0.15) is 6.04 Å². The molecule has 1 atom stereocenters. The second-order valence-electron chi connectivity index (χ2n) is 6.16. The first-order valence-electron chi connectivity index (χ1n) is 7.95. The zero-order valence-electron chi connectivity index (χ0n) is 12.8. The van der Waals surface area contributed by atoms with Crippen LogP contribution in [0.5, 0.6) is 0 Å². The largest absolute Gasteiger partial charge is 0.329 e.